The summed E-state index contributed by atoms with van der Waals surface area (Å²) in [6.07, 6.45) is 2.48. The third-order valence-electron chi connectivity index (χ3n) is 2.47. The van der Waals surface area contributed by atoms with E-state index in [0.717, 1.165) is 12.1 Å². The third-order valence-corrected chi connectivity index (χ3v) is 3.33. The molecule has 4 N–H and O–H groups in total. The fourth-order valence-corrected chi connectivity index (χ4v) is 2.04. The van der Waals surface area contributed by atoms with Gasteiger partial charge in [0.1, 0.15) is 0 Å². The lowest BCUT2D eigenvalue weighted by molar-refractivity contribution is 0.0963. The minimum absolute atomic E-state index is 0.146. The fourth-order valence-electron chi connectivity index (χ4n) is 1.49. The van der Waals surface area contributed by atoms with Crippen LogP contribution in [0.25, 0.3) is 0 Å². The van der Waals surface area contributed by atoms with E-state index in [1.165, 1.54) is 0 Å². The van der Waals surface area contributed by atoms with Crippen LogP contribution in [0.15, 0.2) is 18.2 Å². The van der Waals surface area contributed by atoms with E-state index >= 15 is 0 Å². The molecule has 1 aromatic carbocycles. The van der Waals surface area contributed by atoms with Crippen molar-refractivity contribution in [2.75, 3.05) is 36.7 Å². The highest BCUT2D eigenvalue weighted by molar-refractivity contribution is 7.84. The van der Waals surface area contributed by atoms with Gasteiger partial charge in [-0.2, -0.15) is 0 Å². The number of nitrogens with one attached hydrogen (secondary N) is 2. The molecule has 1 unspecified atom stereocenters. The number of amides is 1. The smallest absolute Gasteiger partial charge is 0.251 e. The van der Waals surface area contributed by atoms with Crippen LogP contribution >= 0.6 is 0 Å². The van der Waals surface area contributed by atoms with Crippen molar-refractivity contribution in [3.05, 3.63) is 23.8 Å². The predicted octanol–water partition coefficient (Wildman–Crippen LogP) is 0.809. The molecule has 0 aliphatic carbocycles. The molecule has 1 aromatic rings. The van der Waals surface area contributed by atoms with Crippen LogP contribution in [-0.4, -0.2) is 35.7 Å². The molecule has 0 spiro atoms. The number of rotatable bonds is 6. The lowest BCUT2D eigenvalue weighted by Crippen LogP contribution is -2.18. The summed E-state index contributed by atoms with van der Waals surface area (Å²) < 4.78 is 10.9. The maximum atomic E-state index is 11.5. The number of hydrogen-bond acceptors (Lipinski definition) is 4. The maximum Gasteiger partial charge on any atom is 0.251 e. The Labute approximate surface area is 110 Å². The standard InChI is InChI=1S/C12H19N3O2S/c1-14-12(16)9-4-5-10(13)11(8-9)15-6-3-7-18(2)17/h4-5,8,15H,3,6-7,13H2,1-2H3,(H,14,16). The fraction of sp³-hybridized carbons (Fsp3) is 0.417. The maximum absolute atomic E-state index is 11.5. The normalized spacial score (nSPS) is 11.9. The topological polar surface area (TPSA) is 84.2 Å². The van der Waals surface area contributed by atoms with Crippen molar-refractivity contribution in [2.24, 2.45) is 0 Å². The number of carbonyl (C=O) groups excluding carboxylic acids is 1. The van der Waals surface area contributed by atoms with Crippen molar-refractivity contribution in [2.45, 2.75) is 6.42 Å². The Balaban J connectivity index is 2.64. The average molecular weight is 269 g/mol. The molecule has 0 aliphatic rings. The molecule has 1 amide bonds. The molecule has 0 bridgehead atoms. The number of nitrogens with two attached hydrogens (primary N) is 1. The Hall–Kier alpha value is -1.56. The molecule has 0 heterocycles. The molecule has 5 nitrogen and oxygen atoms in total. The molecular weight excluding hydrogens is 250 g/mol. The van der Waals surface area contributed by atoms with E-state index in [9.17, 15) is 9.00 Å². The second-order valence-electron chi connectivity index (χ2n) is 3.94. The summed E-state index contributed by atoms with van der Waals surface area (Å²) in [4.78, 5) is 11.5. The first-order valence-corrected chi connectivity index (χ1v) is 7.43. The van der Waals surface area contributed by atoms with Crippen molar-refractivity contribution < 1.29 is 9.00 Å². The van der Waals surface area contributed by atoms with E-state index in [0.29, 0.717) is 23.5 Å². The Morgan fingerprint density at radius 2 is 2.17 bits per heavy atom. The molecule has 0 saturated heterocycles. The van der Waals surface area contributed by atoms with E-state index in [1.807, 2.05) is 0 Å². The molecule has 0 aliphatic heterocycles. The molecular formula is C12H19N3O2S. The number of carbonyl (C=O) groups is 1. The SMILES string of the molecule is CNC(=O)c1ccc(N)c(NCCCS(C)=O)c1. The van der Waals surface area contributed by atoms with Crippen LogP contribution < -0.4 is 16.4 Å². The van der Waals surface area contributed by atoms with Gasteiger partial charge in [-0.3, -0.25) is 9.00 Å². The molecule has 100 valence electrons. The van der Waals surface area contributed by atoms with Crippen molar-refractivity contribution in [3.8, 4) is 0 Å². The Morgan fingerprint density at radius 3 is 2.78 bits per heavy atom. The first-order chi connectivity index (χ1) is 8.54. The first-order valence-electron chi connectivity index (χ1n) is 5.70. The lowest BCUT2D eigenvalue weighted by Gasteiger charge is -2.10. The van der Waals surface area contributed by atoms with E-state index in [2.05, 4.69) is 10.6 Å². The first kappa shape index (κ1) is 14.5. The van der Waals surface area contributed by atoms with Gasteiger partial charge in [0.15, 0.2) is 0 Å². The monoisotopic (exact) mass is 269 g/mol. The number of nitrogen functional groups attached to an aromatic ring is 1. The van der Waals surface area contributed by atoms with Crippen molar-refractivity contribution >= 4 is 28.1 Å². The van der Waals surface area contributed by atoms with Crippen LogP contribution in [0.1, 0.15) is 16.8 Å². The molecule has 0 fully saturated rings. The number of benzene rings is 1. The third kappa shape index (κ3) is 4.37. The van der Waals surface area contributed by atoms with Gasteiger partial charge in [-0.25, -0.2) is 0 Å². The van der Waals surface area contributed by atoms with Gasteiger partial charge in [-0.1, -0.05) is 0 Å². The summed E-state index contributed by atoms with van der Waals surface area (Å²) in [6, 6.07) is 5.10. The average Bonchev–Trinajstić information content (AvgIpc) is 2.35. The summed E-state index contributed by atoms with van der Waals surface area (Å²) in [6.45, 7) is 0.682. The lowest BCUT2D eigenvalue weighted by atomic mass is 10.1. The largest absolute Gasteiger partial charge is 0.397 e. The van der Waals surface area contributed by atoms with Gasteiger partial charge in [0.25, 0.3) is 5.91 Å². The zero-order valence-electron chi connectivity index (χ0n) is 10.7. The van der Waals surface area contributed by atoms with Crippen molar-refractivity contribution in [1.29, 1.82) is 0 Å². The zero-order chi connectivity index (χ0) is 13.5. The number of hydrogen-bond donors (Lipinski definition) is 3. The Bertz CT molecular complexity index is 449. The van der Waals surface area contributed by atoms with E-state index in [-0.39, 0.29) is 5.91 Å². The van der Waals surface area contributed by atoms with Crippen LogP contribution in [0.4, 0.5) is 11.4 Å². The predicted molar refractivity (Wildman–Crippen MR) is 76.3 cm³/mol. The molecule has 0 aromatic heterocycles. The minimum Gasteiger partial charge on any atom is -0.397 e. The molecule has 0 saturated carbocycles. The summed E-state index contributed by atoms with van der Waals surface area (Å²) in [7, 11) is 0.808. The highest BCUT2D eigenvalue weighted by atomic mass is 32.2. The second-order valence-corrected chi connectivity index (χ2v) is 5.49. The number of anilines is 2. The van der Waals surface area contributed by atoms with E-state index in [1.54, 1.807) is 31.5 Å². The van der Waals surface area contributed by atoms with Crippen molar-refractivity contribution in [1.82, 2.24) is 5.32 Å². The molecule has 1 rings (SSSR count). The summed E-state index contributed by atoms with van der Waals surface area (Å²) >= 11 is 0. The van der Waals surface area contributed by atoms with Crippen LogP contribution in [-0.2, 0) is 10.8 Å². The summed E-state index contributed by atoms with van der Waals surface area (Å²) in [5.74, 6) is 0.509. The second kappa shape index (κ2) is 7.00. The molecule has 18 heavy (non-hydrogen) atoms. The van der Waals surface area contributed by atoms with Gasteiger partial charge in [-0.15, -0.1) is 0 Å². The highest BCUT2D eigenvalue weighted by Crippen LogP contribution is 2.19. The van der Waals surface area contributed by atoms with Gasteiger partial charge in [0.05, 0.1) is 11.4 Å². The minimum atomic E-state index is -0.777. The quantitative estimate of drug-likeness (QED) is 0.527. The van der Waals surface area contributed by atoms with Gasteiger partial charge >= 0.3 is 0 Å². The van der Waals surface area contributed by atoms with Crippen LogP contribution in [0.3, 0.4) is 0 Å². The molecule has 6 heteroatoms. The highest BCUT2D eigenvalue weighted by Gasteiger charge is 2.06. The van der Waals surface area contributed by atoms with Gasteiger partial charge in [0.2, 0.25) is 0 Å². The van der Waals surface area contributed by atoms with E-state index in [4.69, 9.17) is 5.73 Å². The van der Waals surface area contributed by atoms with Gasteiger partial charge in [-0.05, 0) is 24.6 Å². The summed E-state index contributed by atoms with van der Waals surface area (Å²) in [5, 5.41) is 5.71. The molecule has 1 atom stereocenters. The van der Waals surface area contributed by atoms with Gasteiger partial charge in [0, 0.05) is 42.0 Å². The van der Waals surface area contributed by atoms with Crippen LogP contribution in [0, 0.1) is 0 Å². The van der Waals surface area contributed by atoms with Crippen LogP contribution in [0.2, 0.25) is 0 Å². The van der Waals surface area contributed by atoms with E-state index < -0.39 is 10.8 Å². The Kier molecular flexibility index (Phi) is 5.64. The summed E-state index contributed by atoms with van der Waals surface area (Å²) in [5.41, 5.74) is 7.71. The Morgan fingerprint density at radius 1 is 1.44 bits per heavy atom. The van der Waals surface area contributed by atoms with Crippen LogP contribution in [0.5, 0.6) is 0 Å². The van der Waals surface area contributed by atoms with Crippen molar-refractivity contribution in [3.63, 3.8) is 0 Å². The van der Waals surface area contributed by atoms with Gasteiger partial charge < -0.3 is 16.4 Å². The molecule has 0 radical (unpaired) electrons. The zero-order valence-corrected chi connectivity index (χ0v) is 11.5.